The maximum absolute atomic E-state index is 14.1. The highest BCUT2D eigenvalue weighted by atomic mass is 19.1. The zero-order chi connectivity index (χ0) is 22.8. The van der Waals surface area contributed by atoms with E-state index in [2.05, 4.69) is 15.5 Å². The molecule has 1 saturated carbocycles. The molecule has 0 bridgehead atoms. The minimum Gasteiger partial charge on any atom is -0.491 e. The minimum absolute atomic E-state index is 0.00409. The van der Waals surface area contributed by atoms with Gasteiger partial charge in [0, 0.05) is 44.3 Å². The molecule has 3 fully saturated rings. The molecule has 3 unspecified atom stereocenters. The number of rotatable bonds is 9. The number of hydrogen-bond donors (Lipinski definition) is 2. The Morgan fingerprint density at radius 3 is 2.72 bits per heavy atom. The van der Waals surface area contributed by atoms with Crippen molar-refractivity contribution in [1.82, 2.24) is 20.4 Å². The minimum atomic E-state index is -0.384. The highest BCUT2D eigenvalue weighted by Gasteiger charge is 2.46. The van der Waals surface area contributed by atoms with Crippen molar-refractivity contribution < 1.29 is 18.7 Å². The van der Waals surface area contributed by atoms with Crippen LogP contribution in [0.1, 0.15) is 51.6 Å². The second-order valence-corrected chi connectivity index (χ2v) is 9.49. The number of carbonyl (C=O) groups is 2. The van der Waals surface area contributed by atoms with Crippen LogP contribution in [0.5, 0.6) is 5.75 Å². The van der Waals surface area contributed by atoms with Gasteiger partial charge in [-0.15, -0.1) is 0 Å². The fourth-order valence-electron chi connectivity index (χ4n) is 4.71. The summed E-state index contributed by atoms with van der Waals surface area (Å²) in [5.41, 5.74) is 0.835. The van der Waals surface area contributed by atoms with E-state index in [4.69, 9.17) is 4.74 Å². The number of carbonyl (C=O) groups excluding carboxylic acids is 2. The molecule has 176 valence electrons. The number of piperazine rings is 1. The molecule has 0 spiro atoms. The molecule has 4 rings (SSSR count). The third kappa shape index (κ3) is 5.13. The van der Waals surface area contributed by atoms with E-state index < -0.39 is 0 Å². The summed E-state index contributed by atoms with van der Waals surface area (Å²) in [6, 6.07) is 4.67. The number of imide groups is 1. The summed E-state index contributed by atoms with van der Waals surface area (Å²) in [6.07, 6.45) is 2.84. The lowest BCUT2D eigenvalue weighted by molar-refractivity contribution is -0.139. The summed E-state index contributed by atoms with van der Waals surface area (Å²) in [6.45, 7) is 9.25. The van der Waals surface area contributed by atoms with Gasteiger partial charge in [-0.25, -0.2) is 4.39 Å². The van der Waals surface area contributed by atoms with Gasteiger partial charge in [-0.1, -0.05) is 6.92 Å². The lowest BCUT2D eigenvalue weighted by Crippen LogP contribution is -2.47. The first-order valence-corrected chi connectivity index (χ1v) is 11.9. The SMILES string of the molecule is CC(C)Oc1ccc(F)cc1C1CNCCN1CCCN1C(=O)C(C)C(NC2CC2)C1=O. The Bertz CT molecular complexity index is 845. The van der Waals surface area contributed by atoms with E-state index in [1.54, 1.807) is 12.1 Å². The van der Waals surface area contributed by atoms with Crippen LogP contribution < -0.4 is 15.4 Å². The van der Waals surface area contributed by atoms with Crippen LogP contribution in [0.25, 0.3) is 0 Å². The predicted molar refractivity (Wildman–Crippen MR) is 120 cm³/mol. The van der Waals surface area contributed by atoms with Gasteiger partial charge < -0.3 is 15.4 Å². The van der Waals surface area contributed by atoms with E-state index in [1.807, 2.05) is 20.8 Å². The number of amides is 2. The molecule has 2 N–H and O–H groups in total. The van der Waals surface area contributed by atoms with Crippen LogP contribution in [0.15, 0.2) is 18.2 Å². The fraction of sp³-hybridized carbons (Fsp3) is 0.667. The van der Waals surface area contributed by atoms with E-state index in [9.17, 15) is 14.0 Å². The average Bonchev–Trinajstić information content (AvgIpc) is 3.56. The summed E-state index contributed by atoms with van der Waals surface area (Å²) in [7, 11) is 0. The molecule has 3 aliphatic rings. The van der Waals surface area contributed by atoms with Gasteiger partial charge >= 0.3 is 0 Å². The van der Waals surface area contributed by atoms with Gasteiger partial charge in [0.2, 0.25) is 11.8 Å². The number of likely N-dealkylation sites (tertiary alicyclic amines) is 1. The van der Waals surface area contributed by atoms with Crippen molar-refractivity contribution in [3.63, 3.8) is 0 Å². The second-order valence-electron chi connectivity index (χ2n) is 9.49. The molecule has 1 aliphatic carbocycles. The molecule has 3 atom stereocenters. The molecular formula is C24H35FN4O3. The van der Waals surface area contributed by atoms with Gasteiger partial charge in [-0.05, 0) is 51.3 Å². The van der Waals surface area contributed by atoms with Gasteiger partial charge in [0.25, 0.3) is 0 Å². The van der Waals surface area contributed by atoms with E-state index in [0.29, 0.717) is 31.3 Å². The molecule has 8 heteroatoms. The molecule has 2 heterocycles. The van der Waals surface area contributed by atoms with Gasteiger partial charge in [0.15, 0.2) is 0 Å². The monoisotopic (exact) mass is 446 g/mol. The fourth-order valence-corrected chi connectivity index (χ4v) is 4.71. The summed E-state index contributed by atoms with van der Waals surface area (Å²) in [5.74, 6) is -0.0595. The summed E-state index contributed by atoms with van der Waals surface area (Å²) < 4.78 is 20.0. The van der Waals surface area contributed by atoms with Crippen LogP contribution in [0, 0.1) is 11.7 Å². The van der Waals surface area contributed by atoms with Crippen LogP contribution in [-0.4, -0.2) is 72.5 Å². The number of ether oxygens (including phenoxy) is 1. The topological polar surface area (TPSA) is 73.9 Å². The molecule has 7 nitrogen and oxygen atoms in total. The smallest absolute Gasteiger partial charge is 0.247 e. The molecule has 1 aromatic carbocycles. The zero-order valence-electron chi connectivity index (χ0n) is 19.3. The molecule has 2 aliphatic heterocycles. The number of nitrogens with zero attached hydrogens (tertiary/aromatic N) is 2. The summed E-state index contributed by atoms with van der Waals surface area (Å²) >= 11 is 0. The van der Waals surface area contributed by atoms with E-state index >= 15 is 0 Å². The van der Waals surface area contributed by atoms with Gasteiger partial charge in [0.1, 0.15) is 11.6 Å². The summed E-state index contributed by atoms with van der Waals surface area (Å²) in [4.78, 5) is 29.2. The third-order valence-electron chi connectivity index (χ3n) is 6.56. The van der Waals surface area contributed by atoms with Gasteiger partial charge in [-0.3, -0.25) is 19.4 Å². The number of nitrogens with one attached hydrogen (secondary N) is 2. The van der Waals surface area contributed by atoms with Crippen LogP contribution in [0.4, 0.5) is 4.39 Å². The predicted octanol–water partition coefficient (Wildman–Crippen LogP) is 2.07. The van der Waals surface area contributed by atoms with E-state index in [-0.39, 0.29) is 41.7 Å². The lowest BCUT2D eigenvalue weighted by Gasteiger charge is -2.37. The highest BCUT2D eigenvalue weighted by Crippen LogP contribution is 2.32. The second kappa shape index (κ2) is 9.85. The third-order valence-corrected chi connectivity index (χ3v) is 6.56. The Morgan fingerprint density at radius 2 is 2.00 bits per heavy atom. The van der Waals surface area contributed by atoms with Crippen LogP contribution >= 0.6 is 0 Å². The Hall–Kier alpha value is -2.03. The maximum atomic E-state index is 14.1. The molecule has 2 amide bonds. The maximum Gasteiger partial charge on any atom is 0.247 e. The van der Waals surface area contributed by atoms with Crippen LogP contribution in [0.2, 0.25) is 0 Å². The standard InChI is InChI=1S/C24H35FN4O3/c1-15(2)32-21-8-5-17(25)13-19(21)20-14-26-9-12-28(20)10-4-11-29-23(30)16(3)22(24(29)31)27-18-6-7-18/h5,8,13,15-16,18,20,22,26-27H,4,6-7,9-12,14H2,1-3H3. The number of hydrogen-bond acceptors (Lipinski definition) is 6. The summed E-state index contributed by atoms with van der Waals surface area (Å²) in [5, 5.41) is 6.73. The molecular weight excluding hydrogens is 411 g/mol. The van der Waals surface area contributed by atoms with Crippen molar-refractivity contribution in [2.75, 3.05) is 32.7 Å². The average molecular weight is 447 g/mol. The van der Waals surface area contributed by atoms with E-state index in [0.717, 1.165) is 38.0 Å². The molecule has 32 heavy (non-hydrogen) atoms. The van der Waals surface area contributed by atoms with Crippen molar-refractivity contribution >= 4 is 11.8 Å². The first-order valence-electron chi connectivity index (χ1n) is 11.9. The molecule has 0 aromatic heterocycles. The Labute approximate surface area is 189 Å². The van der Waals surface area contributed by atoms with Crippen molar-refractivity contribution in [1.29, 1.82) is 0 Å². The van der Waals surface area contributed by atoms with Gasteiger partial charge in [0.05, 0.1) is 24.1 Å². The molecule has 0 radical (unpaired) electrons. The Balaban J connectivity index is 1.40. The number of halogens is 1. The van der Waals surface area contributed by atoms with Crippen molar-refractivity contribution in [3.05, 3.63) is 29.6 Å². The largest absolute Gasteiger partial charge is 0.491 e. The normalized spacial score (nSPS) is 26.9. The van der Waals surface area contributed by atoms with Crippen LogP contribution in [0.3, 0.4) is 0 Å². The van der Waals surface area contributed by atoms with Crippen molar-refractivity contribution in [2.45, 2.75) is 64.3 Å². The number of benzene rings is 1. The first kappa shape index (κ1) is 23.1. The van der Waals surface area contributed by atoms with Crippen LogP contribution in [-0.2, 0) is 9.59 Å². The lowest BCUT2D eigenvalue weighted by atomic mass is 10.0. The molecule has 1 aromatic rings. The Kier molecular flexibility index (Phi) is 7.12. The van der Waals surface area contributed by atoms with Crippen molar-refractivity contribution in [3.8, 4) is 5.75 Å². The first-order chi connectivity index (χ1) is 15.3. The molecule has 2 saturated heterocycles. The van der Waals surface area contributed by atoms with E-state index in [1.165, 1.54) is 11.0 Å². The quantitative estimate of drug-likeness (QED) is 0.566. The highest BCUT2D eigenvalue weighted by molar-refractivity contribution is 6.06. The Morgan fingerprint density at radius 1 is 1.22 bits per heavy atom. The van der Waals surface area contributed by atoms with Gasteiger partial charge in [-0.2, -0.15) is 0 Å². The zero-order valence-corrected chi connectivity index (χ0v) is 19.3. The van der Waals surface area contributed by atoms with Crippen molar-refractivity contribution in [2.24, 2.45) is 5.92 Å².